The van der Waals surface area contributed by atoms with Gasteiger partial charge in [-0.25, -0.2) is 0 Å². The van der Waals surface area contributed by atoms with Crippen LogP contribution in [0.5, 0.6) is 0 Å². The highest BCUT2D eigenvalue weighted by Gasteiger charge is 2.24. The van der Waals surface area contributed by atoms with Gasteiger partial charge in [-0.1, -0.05) is 51.1 Å². The van der Waals surface area contributed by atoms with E-state index in [4.69, 9.17) is 4.74 Å². The minimum Gasteiger partial charge on any atom is -0.384 e. The van der Waals surface area contributed by atoms with Crippen molar-refractivity contribution in [3.8, 4) is 0 Å². The fourth-order valence-electron chi connectivity index (χ4n) is 1.71. The molecule has 0 spiro atoms. The molecule has 1 aromatic carbocycles. The average molecular weight is 206 g/mol. The SMILES string of the molecule is COCC(Cc1ccccc1)C(C)(C)C. The van der Waals surface area contributed by atoms with Gasteiger partial charge in [0.1, 0.15) is 0 Å². The molecule has 0 aliphatic rings. The summed E-state index contributed by atoms with van der Waals surface area (Å²) < 4.78 is 5.30. The summed E-state index contributed by atoms with van der Waals surface area (Å²) in [5.74, 6) is 0.574. The quantitative estimate of drug-likeness (QED) is 0.732. The summed E-state index contributed by atoms with van der Waals surface area (Å²) in [5.41, 5.74) is 1.70. The van der Waals surface area contributed by atoms with Gasteiger partial charge in [-0.05, 0) is 23.3 Å². The predicted molar refractivity (Wildman–Crippen MR) is 65.0 cm³/mol. The van der Waals surface area contributed by atoms with Gasteiger partial charge in [-0.2, -0.15) is 0 Å². The van der Waals surface area contributed by atoms with Crippen LogP contribution < -0.4 is 0 Å². The molecule has 0 N–H and O–H groups in total. The Bertz CT molecular complexity index is 271. The molecule has 0 radical (unpaired) electrons. The third kappa shape index (κ3) is 4.05. The lowest BCUT2D eigenvalue weighted by molar-refractivity contribution is 0.0902. The maximum absolute atomic E-state index is 5.30. The van der Waals surface area contributed by atoms with E-state index in [2.05, 4.69) is 51.1 Å². The third-order valence-electron chi connectivity index (χ3n) is 2.92. The van der Waals surface area contributed by atoms with Gasteiger partial charge in [0, 0.05) is 13.7 Å². The van der Waals surface area contributed by atoms with Gasteiger partial charge < -0.3 is 4.74 Å². The van der Waals surface area contributed by atoms with Crippen LogP contribution >= 0.6 is 0 Å². The lowest BCUT2D eigenvalue weighted by Gasteiger charge is -2.30. The molecule has 0 aliphatic carbocycles. The van der Waals surface area contributed by atoms with Gasteiger partial charge in [0.25, 0.3) is 0 Å². The van der Waals surface area contributed by atoms with E-state index < -0.39 is 0 Å². The lowest BCUT2D eigenvalue weighted by atomic mass is 9.78. The zero-order valence-electron chi connectivity index (χ0n) is 10.3. The molecule has 0 saturated heterocycles. The molecule has 84 valence electrons. The van der Waals surface area contributed by atoms with Crippen molar-refractivity contribution in [2.45, 2.75) is 27.2 Å². The standard InChI is InChI=1S/C14H22O/c1-14(2,3)13(11-15-4)10-12-8-6-5-7-9-12/h5-9,13H,10-11H2,1-4H3. The first-order valence-electron chi connectivity index (χ1n) is 5.57. The Morgan fingerprint density at radius 1 is 1.13 bits per heavy atom. The number of methoxy groups -OCH3 is 1. The predicted octanol–water partition coefficient (Wildman–Crippen LogP) is 3.54. The molecule has 0 bridgehead atoms. The highest BCUT2D eigenvalue weighted by atomic mass is 16.5. The van der Waals surface area contributed by atoms with Crippen molar-refractivity contribution in [3.05, 3.63) is 35.9 Å². The van der Waals surface area contributed by atoms with E-state index in [9.17, 15) is 0 Å². The Labute approximate surface area is 93.5 Å². The number of benzene rings is 1. The van der Waals surface area contributed by atoms with Crippen LogP contribution in [0, 0.1) is 11.3 Å². The Kier molecular flexibility index (Phi) is 4.34. The molecule has 1 rings (SSSR count). The molecule has 0 heterocycles. The minimum atomic E-state index is 0.297. The van der Waals surface area contributed by atoms with Crippen molar-refractivity contribution in [1.82, 2.24) is 0 Å². The molecule has 1 aromatic rings. The van der Waals surface area contributed by atoms with Crippen LogP contribution in [0.3, 0.4) is 0 Å². The molecular weight excluding hydrogens is 184 g/mol. The van der Waals surface area contributed by atoms with Gasteiger partial charge in [0.15, 0.2) is 0 Å². The number of ether oxygens (including phenoxy) is 1. The topological polar surface area (TPSA) is 9.23 Å². The van der Waals surface area contributed by atoms with Crippen LogP contribution in [-0.4, -0.2) is 13.7 Å². The smallest absolute Gasteiger partial charge is 0.0498 e. The molecule has 0 saturated carbocycles. The normalized spacial score (nSPS) is 13.9. The first-order chi connectivity index (χ1) is 7.04. The monoisotopic (exact) mass is 206 g/mol. The number of rotatable bonds is 4. The summed E-state index contributed by atoms with van der Waals surface area (Å²) in [5, 5.41) is 0. The second-order valence-corrected chi connectivity index (χ2v) is 5.21. The maximum Gasteiger partial charge on any atom is 0.0498 e. The molecule has 0 aromatic heterocycles. The largest absolute Gasteiger partial charge is 0.384 e. The molecule has 1 unspecified atom stereocenters. The second kappa shape index (κ2) is 5.32. The van der Waals surface area contributed by atoms with Gasteiger partial charge in [0.2, 0.25) is 0 Å². The molecule has 1 nitrogen and oxygen atoms in total. The maximum atomic E-state index is 5.30. The Balaban J connectivity index is 2.67. The first kappa shape index (κ1) is 12.3. The van der Waals surface area contributed by atoms with E-state index in [1.54, 1.807) is 7.11 Å². The Hall–Kier alpha value is -0.820. The molecule has 1 heteroatoms. The van der Waals surface area contributed by atoms with E-state index in [0.717, 1.165) is 13.0 Å². The van der Waals surface area contributed by atoms with Crippen LogP contribution in [0.25, 0.3) is 0 Å². The zero-order valence-corrected chi connectivity index (χ0v) is 10.3. The van der Waals surface area contributed by atoms with Gasteiger partial charge in [0.05, 0.1) is 0 Å². The Morgan fingerprint density at radius 3 is 2.20 bits per heavy atom. The molecule has 0 fully saturated rings. The minimum absolute atomic E-state index is 0.297. The average Bonchev–Trinajstić information content (AvgIpc) is 2.17. The van der Waals surface area contributed by atoms with Crippen molar-refractivity contribution in [3.63, 3.8) is 0 Å². The van der Waals surface area contributed by atoms with Crippen molar-refractivity contribution in [1.29, 1.82) is 0 Å². The zero-order chi connectivity index (χ0) is 11.3. The third-order valence-corrected chi connectivity index (χ3v) is 2.92. The number of hydrogen-bond donors (Lipinski definition) is 0. The van der Waals surface area contributed by atoms with E-state index in [1.165, 1.54) is 5.56 Å². The van der Waals surface area contributed by atoms with Crippen LogP contribution in [-0.2, 0) is 11.2 Å². The highest BCUT2D eigenvalue weighted by molar-refractivity contribution is 5.15. The molecule has 1 atom stereocenters. The van der Waals surface area contributed by atoms with Crippen molar-refractivity contribution >= 4 is 0 Å². The summed E-state index contributed by atoms with van der Waals surface area (Å²) in [6.45, 7) is 7.66. The molecule has 15 heavy (non-hydrogen) atoms. The van der Waals surface area contributed by atoms with Crippen LogP contribution in [0.4, 0.5) is 0 Å². The summed E-state index contributed by atoms with van der Waals surface area (Å²) in [4.78, 5) is 0. The van der Waals surface area contributed by atoms with E-state index in [-0.39, 0.29) is 0 Å². The van der Waals surface area contributed by atoms with Crippen LogP contribution in [0.1, 0.15) is 26.3 Å². The highest BCUT2D eigenvalue weighted by Crippen LogP contribution is 2.29. The van der Waals surface area contributed by atoms with Crippen molar-refractivity contribution in [2.75, 3.05) is 13.7 Å². The Morgan fingerprint density at radius 2 is 1.73 bits per heavy atom. The van der Waals surface area contributed by atoms with Crippen molar-refractivity contribution < 1.29 is 4.74 Å². The molecule has 0 amide bonds. The lowest BCUT2D eigenvalue weighted by Crippen LogP contribution is -2.26. The molecule has 0 aliphatic heterocycles. The second-order valence-electron chi connectivity index (χ2n) is 5.21. The van der Waals surface area contributed by atoms with E-state index in [1.807, 2.05) is 0 Å². The summed E-state index contributed by atoms with van der Waals surface area (Å²) in [6, 6.07) is 10.6. The van der Waals surface area contributed by atoms with Gasteiger partial charge in [-0.3, -0.25) is 0 Å². The fourth-order valence-corrected chi connectivity index (χ4v) is 1.71. The summed E-state index contributed by atoms with van der Waals surface area (Å²) in [6.07, 6.45) is 1.10. The van der Waals surface area contributed by atoms with Gasteiger partial charge in [-0.15, -0.1) is 0 Å². The number of hydrogen-bond acceptors (Lipinski definition) is 1. The van der Waals surface area contributed by atoms with E-state index >= 15 is 0 Å². The fraction of sp³-hybridized carbons (Fsp3) is 0.571. The molecular formula is C14H22O. The first-order valence-corrected chi connectivity index (χ1v) is 5.57. The summed E-state index contributed by atoms with van der Waals surface area (Å²) >= 11 is 0. The van der Waals surface area contributed by atoms with E-state index in [0.29, 0.717) is 11.3 Å². The van der Waals surface area contributed by atoms with Crippen LogP contribution in [0.2, 0.25) is 0 Å². The van der Waals surface area contributed by atoms with Crippen molar-refractivity contribution in [2.24, 2.45) is 11.3 Å². The van der Waals surface area contributed by atoms with Crippen LogP contribution in [0.15, 0.2) is 30.3 Å². The van der Waals surface area contributed by atoms with Gasteiger partial charge >= 0.3 is 0 Å². The summed E-state index contributed by atoms with van der Waals surface area (Å²) in [7, 11) is 1.78.